The Morgan fingerprint density at radius 1 is 1.06 bits per heavy atom. The Kier molecular flexibility index (Phi) is 6.93. The number of hydrogen-bond acceptors (Lipinski definition) is 9. The van der Waals surface area contributed by atoms with E-state index >= 15 is 0 Å². The van der Waals surface area contributed by atoms with Crippen molar-refractivity contribution in [2.45, 2.75) is 13.0 Å². The van der Waals surface area contributed by atoms with Crippen molar-refractivity contribution in [3.8, 4) is 21.5 Å². The van der Waals surface area contributed by atoms with E-state index in [1.165, 1.54) is 16.0 Å². The van der Waals surface area contributed by atoms with Crippen LogP contribution in [-0.4, -0.2) is 57.1 Å². The van der Waals surface area contributed by atoms with Crippen molar-refractivity contribution < 1.29 is 4.74 Å². The number of anilines is 2. The van der Waals surface area contributed by atoms with Crippen LogP contribution in [0.2, 0.25) is 0 Å². The molecule has 0 saturated carbocycles. The van der Waals surface area contributed by atoms with Crippen molar-refractivity contribution in [2.75, 3.05) is 38.3 Å². The SMILES string of the molecule is CN(C)CCCOc1ccccc1-c1nnc(-n2nc(NCc3ccccc3)nc2N)s1. The summed E-state index contributed by atoms with van der Waals surface area (Å²) in [6.45, 7) is 2.20. The van der Waals surface area contributed by atoms with Gasteiger partial charge in [0.15, 0.2) is 5.01 Å². The van der Waals surface area contributed by atoms with Crippen LogP contribution in [0.5, 0.6) is 5.75 Å². The Labute approximate surface area is 190 Å². The Balaban J connectivity index is 1.47. The zero-order chi connectivity index (χ0) is 22.3. The van der Waals surface area contributed by atoms with Crippen LogP contribution in [0.3, 0.4) is 0 Å². The van der Waals surface area contributed by atoms with Gasteiger partial charge in [-0.3, -0.25) is 0 Å². The van der Waals surface area contributed by atoms with Crippen molar-refractivity contribution >= 4 is 23.2 Å². The van der Waals surface area contributed by atoms with E-state index in [0.717, 1.165) is 34.8 Å². The lowest BCUT2D eigenvalue weighted by Gasteiger charge is -2.12. The first kappa shape index (κ1) is 21.7. The molecule has 2 aromatic carbocycles. The number of nitrogen functional groups attached to an aromatic ring is 1. The number of para-hydroxylation sites is 1. The van der Waals surface area contributed by atoms with Crippen molar-refractivity contribution in [3.05, 3.63) is 60.2 Å². The predicted molar refractivity (Wildman–Crippen MR) is 127 cm³/mol. The number of nitrogens with two attached hydrogens (primary N) is 1. The number of ether oxygens (including phenoxy) is 1. The first-order chi connectivity index (χ1) is 15.6. The summed E-state index contributed by atoms with van der Waals surface area (Å²) in [5.41, 5.74) is 8.10. The summed E-state index contributed by atoms with van der Waals surface area (Å²) in [4.78, 5) is 6.43. The van der Waals surface area contributed by atoms with E-state index in [4.69, 9.17) is 10.5 Å². The van der Waals surface area contributed by atoms with Crippen LogP contribution in [0.4, 0.5) is 11.9 Å². The zero-order valence-corrected chi connectivity index (χ0v) is 18.9. The van der Waals surface area contributed by atoms with Gasteiger partial charge in [0, 0.05) is 13.1 Å². The third kappa shape index (κ3) is 5.40. The lowest BCUT2D eigenvalue weighted by Crippen LogP contribution is -2.15. The normalized spacial score (nSPS) is 11.1. The number of nitrogens with zero attached hydrogens (tertiary/aromatic N) is 6. The van der Waals surface area contributed by atoms with Crippen LogP contribution in [-0.2, 0) is 6.54 Å². The highest BCUT2D eigenvalue weighted by Gasteiger charge is 2.16. The van der Waals surface area contributed by atoms with Crippen molar-refractivity contribution in [1.29, 1.82) is 0 Å². The van der Waals surface area contributed by atoms with Gasteiger partial charge in [-0.15, -0.1) is 15.3 Å². The van der Waals surface area contributed by atoms with Crippen LogP contribution in [0.1, 0.15) is 12.0 Å². The van der Waals surface area contributed by atoms with Crippen molar-refractivity contribution in [1.82, 2.24) is 29.9 Å². The molecule has 0 fully saturated rings. The van der Waals surface area contributed by atoms with Crippen molar-refractivity contribution in [3.63, 3.8) is 0 Å². The van der Waals surface area contributed by atoms with Crippen LogP contribution < -0.4 is 15.8 Å². The third-order valence-corrected chi connectivity index (χ3v) is 5.58. The molecule has 0 aliphatic carbocycles. The molecule has 10 heteroatoms. The zero-order valence-electron chi connectivity index (χ0n) is 18.1. The molecule has 9 nitrogen and oxygen atoms in total. The fourth-order valence-corrected chi connectivity index (χ4v) is 3.89. The van der Waals surface area contributed by atoms with E-state index in [1.54, 1.807) is 0 Å². The van der Waals surface area contributed by atoms with E-state index in [0.29, 0.717) is 24.2 Å². The van der Waals surface area contributed by atoms with Gasteiger partial charge in [0.2, 0.25) is 17.0 Å². The molecule has 32 heavy (non-hydrogen) atoms. The minimum absolute atomic E-state index is 0.247. The van der Waals surface area contributed by atoms with Gasteiger partial charge in [0.25, 0.3) is 0 Å². The summed E-state index contributed by atoms with van der Waals surface area (Å²) >= 11 is 1.38. The Morgan fingerprint density at radius 3 is 2.66 bits per heavy atom. The highest BCUT2D eigenvalue weighted by Crippen LogP contribution is 2.33. The molecule has 0 saturated heterocycles. The van der Waals surface area contributed by atoms with Crippen molar-refractivity contribution in [2.24, 2.45) is 0 Å². The summed E-state index contributed by atoms with van der Waals surface area (Å²) in [7, 11) is 4.10. The lowest BCUT2D eigenvalue weighted by atomic mass is 10.2. The summed E-state index contributed by atoms with van der Waals surface area (Å²) in [6.07, 6.45) is 0.941. The van der Waals surface area contributed by atoms with Crippen LogP contribution in [0, 0.1) is 0 Å². The quantitative estimate of drug-likeness (QED) is 0.354. The molecular weight excluding hydrogens is 424 g/mol. The summed E-state index contributed by atoms with van der Waals surface area (Å²) < 4.78 is 7.50. The molecule has 166 valence electrons. The maximum Gasteiger partial charge on any atom is 0.244 e. The molecule has 0 radical (unpaired) electrons. The second kappa shape index (κ2) is 10.2. The predicted octanol–water partition coefficient (Wildman–Crippen LogP) is 3.31. The molecule has 0 atom stereocenters. The fourth-order valence-electron chi connectivity index (χ4n) is 3.06. The Hall–Kier alpha value is -3.50. The molecule has 4 aromatic rings. The van der Waals surface area contributed by atoms with Gasteiger partial charge in [0.1, 0.15) is 5.75 Å². The summed E-state index contributed by atoms with van der Waals surface area (Å²) in [6, 6.07) is 17.9. The van der Waals surface area contributed by atoms with Gasteiger partial charge in [0.05, 0.1) is 12.2 Å². The molecule has 0 aliphatic heterocycles. The van der Waals surface area contributed by atoms with Gasteiger partial charge in [-0.25, -0.2) is 0 Å². The summed E-state index contributed by atoms with van der Waals surface area (Å²) in [5.74, 6) is 1.47. The highest BCUT2D eigenvalue weighted by atomic mass is 32.1. The van der Waals surface area contributed by atoms with Crippen LogP contribution >= 0.6 is 11.3 Å². The monoisotopic (exact) mass is 450 g/mol. The average molecular weight is 451 g/mol. The van der Waals surface area contributed by atoms with Crippen LogP contribution in [0.25, 0.3) is 15.7 Å². The number of benzene rings is 2. The fraction of sp³-hybridized carbons (Fsp3) is 0.273. The first-order valence-corrected chi connectivity index (χ1v) is 11.1. The number of rotatable bonds is 10. The second-order valence-electron chi connectivity index (χ2n) is 7.44. The van der Waals surface area contributed by atoms with E-state index in [2.05, 4.69) is 44.6 Å². The van der Waals surface area contributed by atoms with E-state index in [1.807, 2.05) is 54.6 Å². The van der Waals surface area contributed by atoms with Gasteiger partial charge in [-0.2, -0.15) is 9.67 Å². The smallest absolute Gasteiger partial charge is 0.244 e. The first-order valence-electron chi connectivity index (χ1n) is 10.3. The van der Waals surface area contributed by atoms with Gasteiger partial charge >= 0.3 is 0 Å². The number of aromatic nitrogens is 5. The lowest BCUT2D eigenvalue weighted by molar-refractivity contribution is 0.282. The molecule has 0 aliphatic rings. The summed E-state index contributed by atoms with van der Waals surface area (Å²) in [5, 5.41) is 17.5. The molecule has 4 rings (SSSR count). The van der Waals surface area contributed by atoms with Gasteiger partial charge in [-0.05, 0) is 38.2 Å². The van der Waals surface area contributed by atoms with Gasteiger partial charge < -0.3 is 20.7 Å². The second-order valence-corrected chi connectivity index (χ2v) is 8.39. The molecule has 3 N–H and O–H groups in total. The minimum atomic E-state index is 0.247. The standard InChI is InChI=1S/C22H26N8OS/c1-29(2)13-8-14-31-18-12-7-6-11-17(18)19-26-27-22(32-19)30-20(23)25-21(28-30)24-15-16-9-4-3-5-10-16/h3-7,9-12H,8,13-15H2,1-2H3,(H3,23,24,25,28). The molecule has 0 spiro atoms. The molecule has 0 amide bonds. The average Bonchev–Trinajstić information content (AvgIpc) is 3.43. The molecule has 0 unspecified atom stereocenters. The van der Waals surface area contributed by atoms with E-state index in [-0.39, 0.29) is 5.95 Å². The number of hydrogen-bond donors (Lipinski definition) is 2. The van der Waals surface area contributed by atoms with E-state index < -0.39 is 0 Å². The Morgan fingerprint density at radius 2 is 1.84 bits per heavy atom. The van der Waals surface area contributed by atoms with E-state index in [9.17, 15) is 0 Å². The third-order valence-electron chi connectivity index (χ3n) is 4.65. The maximum atomic E-state index is 6.09. The molecule has 2 aromatic heterocycles. The Bertz CT molecular complexity index is 1140. The molecule has 2 heterocycles. The topological polar surface area (TPSA) is 107 Å². The maximum absolute atomic E-state index is 6.09. The minimum Gasteiger partial charge on any atom is -0.493 e. The highest BCUT2D eigenvalue weighted by molar-refractivity contribution is 7.17. The number of nitrogens with one attached hydrogen (secondary N) is 1. The van der Waals surface area contributed by atoms with Gasteiger partial charge in [-0.1, -0.05) is 53.8 Å². The molecule has 0 bridgehead atoms. The van der Waals surface area contributed by atoms with Crippen LogP contribution in [0.15, 0.2) is 54.6 Å². The largest absolute Gasteiger partial charge is 0.493 e. The molecular formula is C22H26N8OS.